The average Bonchev–Trinajstić information content (AvgIpc) is 2.78. The zero-order chi connectivity index (χ0) is 21.1. The molecule has 3 rings (SSSR count). The molecule has 2 aromatic carbocycles. The van der Waals surface area contributed by atoms with Gasteiger partial charge in [0.1, 0.15) is 5.76 Å². The summed E-state index contributed by atoms with van der Waals surface area (Å²) in [5.74, 6) is -3.81. The van der Waals surface area contributed by atoms with Crippen LogP contribution < -0.4 is 0 Å². The lowest BCUT2D eigenvalue weighted by atomic mass is 9.79. The summed E-state index contributed by atoms with van der Waals surface area (Å²) in [6.45, 7) is 0. The molecule has 7 heteroatoms. The van der Waals surface area contributed by atoms with Gasteiger partial charge in [-0.05, 0) is 17.7 Å². The highest BCUT2D eigenvalue weighted by molar-refractivity contribution is 6.30. The molecule has 1 heterocycles. The molecule has 0 spiro atoms. The number of hydrogen-bond acceptors (Lipinski definition) is 6. The van der Waals surface area contributed by atoms with Gasteiger partial charge in [-0.1, -0.05) is 54.1 Å². The van der Waals surface area contributed by atoms with Gasteiger partial charge in [-0.25, -0.2) is 0 Å². The first-order valence-corrected chi connectivity index (χ1v) is 9.25. The van der Waals surface area contributed by atoms with Crippen molar-refractivity contribution in [3.63, 3.8) is 0 Å². The monoisotopic (exact) mass is 415 g/mol. The van der Waals surface area contributed by atoms with E-state index in [1.54, 1.807) is 24.3 Å². The summed E-state index contributed by atoms with van der Waals surface area (Å²) in [5.41, 5.74) is 1.74. The van der Waals surface area contributed by atoms with Gasteiger partial charge in [-0.3, -0.25) is 0 Å². The van der Waals surface area contributed by atoms with Crippen molar-refractivity contribution in [2.24, 2.45) is 0 Å². The predicted octanol–water partition coefficient (Wildman–Crippen LogP) is 4.32. The van der Waals surface area contributed by atoms with E-state index in [-0.39, 0.29) is 0 Å². The minimum atomic E-state index is -1.79. The van der Waals surface area contributed by atoms with Gasteiger partial charge in [0.15, 0.2) is 0 Å². The van der Waals surface area contributed by atoms with Gasteiger partial charge < -0.3 is 23.7 Å². The van der Waals surface area contributed by atoms with Crippen LogP contribution in [-0.2, 0) is 23.7 Å². The van der Waals surface area contributed by atoms with E-state index in [1.807, 2.05) is 30.3 Å². The molecule has 152 valence electrons. The highest BCUT2D eigenvalue weighted by Gasteiger charge is 2.67. The van der Waals surface area contributed by atoms with Crippen molar-refractivity contribution >= 4 is 17.4 Å². The van der Waals surface area contributed by atoms with Crippen LogP contribution in [0.15, 0.2) is 60.2 Å². The maximum atomic E-state index is 10.1. The van der Waals surface area contributed by atoms with Gasteiger partial charge in [0.05, 0.1) is 17.6 Å². The number of rotatable bonds is 6. The molecule has 0 N–H and O–H groups in total. The molecule has 1 aliphatic rings. The van der Waals surface area contributed by atoms with E-state index in [4.69, 9.17) is 35.3 Å². The summed E-state index contributed by atoms with van der Waals surface area (Å²) in [6.07, 6.45) is 0. The SMILES string of the molecule is COC1(OC)OC(c2ccccc2)=C(C#N)[C@@H](c2ccc(Cl)cc2)C1(OC)OC. The molecule has 0 aromatic heterocycles. The second-order valence-electron chi connectivity index (χ2n) is 6.35. The molecule has 0 saturated heterocycles. The fourth-order valence-corrected chi connectivity index (χ4v) is 3.87. The van der Waals surface area contributed by atoms with Crippen molar-refractivity contribution in [3.05, 3.63) is 76.3 Å². The molecule has 29 heavy (non-hydrogen) atoms. The molecule has 0 amide bonds. The Balaban J connectivity index is 2.38. The van der Waals surface area contributed by atoms with Crippen LogP contribution in [0.3, 0.4) is 0 Å². The summed E-state index contributed by atoms with van der Waals surface area (Å²) in [5, 5.41) is 10.7. The lowest BCUT2D eigenvalue weighted by Crippen LogP contribution is -2.65. The molecule has 0 bridgehead atoms. The van der Waals surface area contributed by atoms with Crippen molar-refractivity contribution in [1.29, 1.82) is 5.26 Å². The summed E-state index contributed by atoms with van der Waals surface area (Å²) in [4.78, 5) is 0. The van der Waals surface area contributed by atoms with Crippen molar-refractivity contribution in [3.8, 4) is 6.07 Å². The average molecular weight is 416 g/mol. The summed E-state index contributed by atoms with van der Waals surface area (Å²) in [6, 6.07) is 18.6. The van der Waals surface area contributed by atoms with Crippen molar-refractivity contribution in [2.45, 2.75) is 17.7 Å². The van der Waals surface area contributed by atoms with Gasteiger partial charge in [0, 0.05) is 39.0 Å². The highest BCUT2D eigenvalue weighted by atomic mass is 35.5. The van der Waals surface area contributed by atoms with Gasteiger partial charge >= 0.3 is 5.97 Å². The largest absolute Gasteiger partial charge is 0.433 e. The first-order chi connectivity index (χ1) is 14.0. The molecule has 1 aliphatic heterocycles. The Morgan fingerprint density at radius 3 is 1.97 bits per heavy atom. The number of benzene rings is 2. The Bertz CT molecular complexity index is 912. The second-order valence-corrected chi connectivity index (χ2v) is 6.78. The van der Waals surface area contributed by atoms with Crippen LogP contribution in [0.2, 0.25) is 5.02 Å². The lowest BCUT2D eigenvalue weighted by Gasteiger charge is -2.51. The standard InChI is InChI=1S/C22H22ClNO5/c1-25-21(26-2)19(15-10-12-17(23)13-11-15)18(14-24)20(16-8-6-5-7-9-16)29-22(21,27-3)28-4/h5-13,19H,1-4H3/t19-/m1/s1. The van der Waals surface area contributed by atoms with Crippen LogP contribution in [0.1, 0.15) is 17.0 Å². The van der Waals surface area contributed by atoms with Crippen LogP contribution in [0, 0.1) is 11.3 Å². The van der Waals surface area contributed by atoms with Crippen LogP contribution >= 0.6 is 11.6 Å². The fourth-order valence-electron chi connectivity index (χ4n) is 3.74. The van der Waals surface area contributed by atoms with Gasteiger partial charge in [-0.2, -0.15) is 5.26 Å². The molecule has 1 atom stereocenters. The predicted molar refractivity (Wildman–Crippen MR) is 108 cm³/mol. The molecule has 2 aromatic rings. The third-order valence-corrected chi connectivity index (χ3v) is 5.33. The van der Waals surface area contributed by atoms with Crippen LogP contribution in [0.25, 0.3) is 5.76 Å². The quantitative estimate of drug-likeness (QED) is 0.654. The number of methoxy groups -OCH3 is 4. The van der Waals surface area contributed by atoms with E-state index < -0.39 is 17.7 Å². The molecule has 0 fully saturated rings. The van der Waals surface area contributed by atoms with E-state index in [0.29, 0.717) is 21.9 Å². The molecule has 0 aliphatic carbocycles. The lowest BCUT2D eigenvalue weighted by molar-refractivity contribution is -0.473. The number of hydrogen-bond donors (Lipinski definition) is 0. The molecule has 6 nitrogen and oxygen atoms in total. The van der Waals surface area contributed by atoms with Crippen molar-refractivity contribution in [1.82, 2.24) is 0 Å². The van der Waals surface area contributed by atoms with E-state index in [1.165, 1.54) is 28.4 Å². The third kappa shape index (κ3) is 3.31. The van der Waals surface area contributed by atoms with Crippen molar-refractivity contribution < 1.29 is 23.7 Å². The highest BCUT2D eigenvalue weighted by Crippen LogP contribution is 2.54. The smallest absolute Gasteiger partial charge is 0.385 e. The molecule has 0 radical (unpaired) electrons. The van der Waals surface area contributed by atoms with Gasteiger partial charge in [0.25, 0.3) is 5.79 Å². The summed E-state index contributed by atoms with van der Waals surface area (Å²) < 4.78 is 29.2. The number of nitrogens with zero attached hydrogens (tertiary/aromatic N) is 1. The normalized spacial score (nSPS) is 20.1. The van der Waals surface area contributed by atoms with Crippen LogP contribution in [-0.4, -0.2) is 40.2 Å². The molecule has 0 unspecified atom stereocenters. The molecule has 0 saturated carbocycles. The van der Waals surface area contributed by atoms with Crippen LogP contribution in [0.4, 0.5) is 0 Å². The molecular formula is C22H22ClNO5. The Labute approximate surface area is 175 Å². The molecular weight excluding hydrogens is 394 g/mol. The number of nitriles is 1. The number of ether oxygens (including phenoxy) is 5. The maximum Gasteiger partial charge on any atom is 0.385 e. The summed E-state index contributed by atoms with van der Waals surface area (Å²) in [7, 11) is 5.75. The topological polar surface area (TPSA) is 69.9 Å². The van der Waals surface area contributed by atoms with Gasteiger partial charge in [-0.15, -0.1) is 0 Å². The maximum absolute atomic E-state index is 10.1. The second kappa shape index (κ2) is 8.54. The van der Waals surface area contributed by atoms with Crippen molar-refractivity contribution in [2.75, 3.05) is 28.4 Å². The summed E-state index contributed by atoms with van der Waals surface area (Å²) >= 11 is 6.08. The van der Waals surface area contributed by atoms with E-state index in [9.17, 15) is 5.26 Å². The van der Waals surface area contributed by atoms with Crippen LogP contribution in [0.5, 0.6) is 0 Å². The Kier molecular flexibility index (Phi) is 6.27. The fraction of sp³-hybridized carbons (Fsp3) is 0.318. The number of halogens is 1. The van der Waals surface area contributed by atoms with E-state index in [0.717, 1.165) is 5.56 Å². The minimum Gasteiger partial charge on any atom is -0.433 e. The van der Waals surface area contributed by atoms with Gasteiger partial charge in [0.2, 0.25) is 0 Å². The minimum absolute atomic E-state index is 0.312. The third-order valence-electron chi connectivity index (χ3n) is 5.08. The zero-order valence-corrected chi connectivity index (χ0v) is 17.4. The Morgan fingerprint density at radius 2 is 1.48 bits per heavy atom. The Morgan fingerprint density at radius 1 is 0.897 bits per heavy atom. The zero-order valence-electron chi connectivity index (χ0n) is 16.6. The Hall–Kier alpha value is -2.40. The first-order valence-electron chi connectivity index (χ1n) is 8.87. The van der Waals surface area contributed by atoms with E-state index >= 15 is 0 Å². The van der Waals surface area contributed by atoms with E-state index in [2.05, 4.69) is 6.07 Å². The first kappa shape index (κ1) is 21.3.